The Morgan fingerprint density at radius 2 is 1.82 bits per heavy atom. The number of fused-ring (bicyclic) bond motifs is 1. The highest BCUT2D eigenvalue weighted by Crippen LogP contribution is 2.34. The van der Waals surface area contributed by atoms with Gasteiger partial charge in [-0.1, -0.05) is 15.9 Å². The van der Waals surface area contributed by atoms with Crippen LogP contribution in [0.5, 0.6) is 23.0 Å². The summed E-state index contributed by atoms with van der Waals surface area (Å²) >= 11 is 5.00. The molecule has 1 amide bonds. The van der Waals surface area contributed by atoms with E-state index in [-0.39, 0.29) is 5.91 Å². The first-order valence-corrected chi connectivity index (χ1v) is 10.6. The minimum Gasteiger partial charge on any atom is -0.493 e. The minimum absolute atomic E-state index is 0.0171. The minimum atomic E-state index is -0.0171. The summed E-state index contributed by atoms with van der Waals surface area (Å²) in [4.78, 5) is 13.1. The Kier molecular flexibility index (Phi) is 7.33. The van der Waals surface area contributed by atoms with Crippen LogP contribution >= 0.6 is 27.7 Å². The van der Waals surface area contributed by atoms with Crippen LogP contribution < -0.4 is 24.3 Å². The molecule has 1 N–H and O–H groups in total. The molecule has 1 aliphatic rings. The van der Waals surface area contributed by atoms with Crippen molar-refractivity contribution in [2.45, 2.75) is 11.3 Å². The number of amides is 1. The molecule has 8 heteroatoms. The van der Waals surface area contributed by atoms with Gasteiger partial charge in [-0.2, -0.15) is 0 Å². The lowest BCUT2D eigenvalue weighted by molar-refractivity contribution is -0.118. The Hall–Kier alpha value is -2.06. The lowest BCUT2D eigenvalue weighted by Crippen LogP contribution is -2.27. The zero-order valence-corrected chi connectivity index (χ0v) is 18.2. The van der Waals surface area contributed by atoms with E-state index in [9.17, 15) is 4.79 Å². The van der Waals surface area contributed by atoms with E-state index in [4.69, 9.17) is 18.9 Å². The van der Waals surface area contributed by atoms with Gasteiger partial charge >= 0.3 is 0 Å². The lowest BCUT2D eigenvalue weighted by atomic mass is 10.1. The van der Waals surface area contributed by atoms with Crippen LogP contribution in [0.2, 0.25) is 0 Å². The Balaban J connectivity index is 1.47. The van der Waals surface area contributed by atoms with Crippen LogP contribution in [0.4, 0.5) is 0 Å². The van der Waals surface area contributed by atoms with Gasteiger partial charge in [0.15, 0.2) is 23.0 Å². The monoisotopic (exact) mass is 467 g/mol. The third-order valence-corrected chi connectivity index (χ3v) is 5.88. The first-order chi connectivity index (χ1) is 13.6. The number of benzene rings is 2. The van der Waals surface area contributed by atoms with E-state index in [0.717, 1.165) is 26.4 Å². The van der Waals surface area contributed by atoms with Crippen molar-refractivity contribution in [1.29, 1.82) is 0 Å². The van der Waals surface area contributed by atoms with Crippen LogP contribution in [0.15, 0.2) is 39.7 Å². The van der Waals surface area contributed by atoms with Crippen molar-refractivity contribution in [2.75, 3.05) is 39.7 Å². The average molecular weight is 468 g/mol. The Morgan fingerprint density at radius 3 is 2.57 bits per heavy atom. The maximum Gasteiger partial charge on any atom is 0.230 e. The van der Waals surface area contributed by atoms with Gasteiger partial charge in [0, 0.05) is 15.9 Å². The molecule has 28 heavy (non-hydrogen) atoms. The third-order valence-electron chi connectivity index (χ3n) is 4.15. The number of rotatable bonds is 8. The Labute approximate surface area is 177 Å². The number of nitrogens with one attached hydrogen (secondary N) is 1. The van der Waals surface area contributed by atoms with E-state index in [0.29, 0.717) is 43.4 Å². The maximum atomic E-state index is 12.2. The zero-order valence-electron chi connectivity index (χ0n) is 15.7. The van der Waals surface area contributed by atoms with E-state index in [2.05, 4.69) is 21.2 Å². The number of thioether (sulfide) groups is 1. The summed E-state index contributed by atoms with van der Waals surface area (Å²) < 4.78 is 22.6. The standard InChI is InChI=1S/C20H22BrNO5S/c1-24-17-9-13(15(21)11-18(17)25-2)5-6-22-20(23)12-28-14-3-4-16-19(10-14)27-8-7-26-16/h3-4,9-11H,5-8,12H2,1-2H3,(H,22,23). The maximum absolute atomic E-state index is 12.2. The number of carbonyl (C=O) groups is 1. The fraction of sp³-hybridized carbons (Fsp3) is 0.350. The van der Waals surface area contributed by atoms with E-state index in [1.165, 1.54) is 11.8 Å². The molecule has 3 rings (SSSR count). The molecule has 0 unspecified atom stereocenters. The molecular formula is C20H22BrNO5S. The van der Waals surface area contributed by atoms with Gasteiger partial charge in [0.25, 0.3) is 0 Å². The quantitative estimate of drug-likeness (QED) is 0.597. The highest BCUT2D eigenvalue weighted by Gasteiger charge is 2.13. The van der Waals surface area contributed by atoms with Gasteiger partial charge in [-0.25, -0.2) is 0 Å². The molecule has 0 spiro atoms. The van der Waals surface area contributed by atoms with Gasteiger partial charge in [-0.05, 0) is 42.3 Å². The third kappa shape index (κ3) is 5.26. The Morgan fingerprint density at radius 1 is 1.11 bits per heavy atom. The first kappa shape index (κ1) is 20.7. The number of methoxy groups -OCH3 is 2. The molecule has 0 radical (unpaired) electrons. The molecule has 0 fully saturated rings. The SMILES string of the molecule is COc1cc(Br)c(CCNC(=O)CSc2ccc3c(c2)OCCO3)cc1OC. The van der Waals surface area contributed by atoms with E-state index in [1.807, 2.05) is 30.3 Å². The molecule has 0 atom stereocenters. The predicted octanol–water partition coefficient (Wildman–Crippen LogP) is 3.69. The normalized spacial score (nSPS) is 12.4. The number of hydrogen-bond donors (Lipinski definition) is 1. The summed E-state index contributed by atoms with van der Waals surface area (Å²) in [5.41, 5.74) is 1.04. The molecule has 2 aromatic carbocycles. The Bertz CT molecular complexity index is 846. The number of halogens is 1. The van der Waals surface area contributed by atoms with Crippen molar-refractivity contribution in [3.8, 4) is 23.0 Å². The summed E-state index contributed by atoms with van der Waals surface area (Å²) in [5, 5.41) is 2.95. The van der Waals surface area contributed by atoms with Gasteiger partial charge in [0.2, 0.25) is 5.91 Å². The number of carbonyl (C=O) groups excluding carboxylic acids is 1. The summed E-state index contributed by atoms with van der Waals surface area (Å²) in [6, 6.07) is 9.51. The van der Waals surface area contributed by atoms with Crippen LogP contribution in [0.1, 0.15) is 5.56 Å². The van der Waals surface area contributed by atoms with Crippen molar-refractivity contribution < 1.29 is 23.7 Å². The fourth-order valence-electron chi connectivity index (χ4n) is 2.74. The molecule has 0 bridgehead atoms. The van der Waals surface area contributed by atoms with Crippen molar-refractivity contribution in [3.05, 3.63) is 40.4 Å². The molecule has 0 aromatic heterocycles. The van der Waals surface area contributed by atoms with Crippen LogP contribution in [-0.4, -0.2) is 45.6 Å². The molecule has 1 aliphatic heterocycles. The van der Waals surface area contributed by atoms with E-state index in [1.54, 1.807) is 14.2 Å². The summed E-state index contributed by atoms with van der Waals surface area (Å²) in [6.07, 6.45) is 0.682. The molecule has 1 heterocycles. The summed E-state index contributed by atoms with van der Waals surface area (Å²) in [5.74, 6) is 3.14. The fourth-order valence-corrected chi connectivity index (χ4v) is 4.01. The molecule has 0 saturated carbocycles. The van der Waals surface area contributed by atoms with Gasteiger partial charge < -0.3 is 24.3 Å². The number of ether oxygens (including phenoxy) is 4. The number of hydrogen-bond acceptors (Lipinski definition) is 6. The molecule has 150 valence electrons. The molecule has 0 saturated heterocycles. The van der Waals surface area contributed by atoms with Crippen molar-refractivity contribution in [2.24, 2.45) is 0 Å². The second kappa shape index (κ2) is 9.93. The van der Waals surface area contributed by atoms with Crippen molar-refractivity contribution >= 4 is 33.6 Å². The second-order valence-corrected chi connectivity index (χ2v) is 7.90. The smallest absolute Gasteiger partial charge is 0.230 e. The molecular weight excluding hydrogens is 446 g/mol. The van der Waals surface area contributed by atoms with Gasteiger partial charge in [0.05, 0.1) is 20.0 Å². The van der Waals surface area contributed by atoms with Gasteiger partial charge in [-0.3, -0.25) is 4.79 Å². The highest BCUT2D eigenvalue weighted by atomic mass is 79.9. The highest BCUT2D eigenvalue weighted by molar-refractivity contribution is 9.10. The largest absolute Gasteiger partial charge is 0.493 e. The van der Waals surface area contributed by atoms with E-state index < -0.39 is 0 Å². The van der Waals surface area contributed by atoms with Crippen LogP contribution in [0.3, 0.4) is 0 Å². The molecule has 6 nitrogen and oxygen atoms in total. The van der Waals surface area contributed by atoms with Gasteiger partial charge in [0.1, 0.15) is 13.2 Å². The molecule has 0 aliphatic carbocycles. The zero-order chi connectivity index (χ0) is 19.9. The van der Waals surface area contributed by atoms with Crippen LogP contribution in [0, 0.1) is 0 Å². The second-order valence-electron chi connectivity index (χ2n) is 5.99. The summed E-state index contributed by atoms with van der Waals surface area (Å²) in [6.45, 7) is 1.65. The first-order valence-electron chi connectivity index (χ1n) is 8.80. The van der Waals surface area contributed by atoms with Gasteiger partial charge in [-0.15, -0.1) is 11.8 Å². The molecule has 2 aromatic rings. The average Bonchev–Trinajstić information content (AvgIpc) is 2.72. The topological polar surface area (TPSA) is 66.0 Å². The van der Waals surface area contributed by atoms with Crippen molar-refractivity contribution in [1.82, 2.24) is 5.32 Å². The summed E-state index contributed by atoms with van der Waals surface area (Å²) in [7, 11) is 3.20. The van der Waals surface area contributed by atoms with Crippen LogP contribution in [0.25, 0.3) is 0 Å². The predicted molar refractivity (Wildman–Crippen MR) is 112 cm³/mol. The van der Waals surface area contributed by atoms with Crippen LogP contribution in [-0.2, 0) is 11.2 Å². The van der Waals surface area contributed by atoms with E-state index >= 15 is 0 Å². The lowest BCUT2D eigenvalue weighted by Gasteiger charge is -2.18. The van der Waals surface area contributed by atoms with Crippen molar-refractivity contribution in [3.63, 3.8) is 0 Å².